The van der Waals surface area contributed by atoms with Crippen LogP contribution in [0.15, 0.2) is 47.4 Å². The van der Waals surface area contributed by atoms with Crippen molar-refractivity contribution in [1.82, 2.24) is 9.62 Å². The van der Waals surface area contributed by atoms with Crippen LogP contribution in [0, 0.1) is 0 Å². The lowest BCUT2D eigenvalue weighted by atomic mass is 10.1. The summed E-state index contributed by atoms with van der Waals surface area (Å²) in [5.74, 6) is -0.644. The summed E-state index contributed by atoms with van der Waals surface area (Å²) < 4.78 is 36.8. The number of amides is 1. The Kier molecular flexibility index (Phi) is 7.96. The van der Waals surface area contributed by atoms with Gasteiger partial charge in [-0.05, 0) is 35.9 Å². The monoisotopic (exact) mass is 434 g/mol. The van der Waals surface area contributed by atoms with Crippen LogP contribution in [-0.4, -0.2) is 51.9 Å². The van der Waals surface area contributed by atoms with Gasteiger partial charge in [-0.3, -0.25) is 4.79 Å². The van der Waals surface area contributed by atoms with Gasteiger partial charge in [0.1, 0.15) is 5.75 Å². The third-order valence-electron chi connectivity index (χ3n) is 4.59. The maximum absolute atomic E-state index is 12.8. The zero-order valence-corrected chi connectivity index (χ0v) is 18.3. The number of sulfonamides is 1. The molecule has 0 atom stereocenters. The molecular weight excluding hydrogens is 408 g/mol. The molecule has 0 saturated heterocycles. The number of carbonyl (C=O) groups excluding carboxylic acids is 2. The standard InChI is InChI=1S/C21H26N2O6S/c1-5-23(6-2)30(26,27)17-11-12-19(28-3)18(13-17)20(24)22-14-15-7-9-16(10-8-15)21(25)29-4/h7-13H,5-6,14H2,1-4H3,(H,22,24). The molecule has 0 fully saturated rings. The number of rotatable bonds is 9. The van der Waals surface area contributed by atoms with Crippen molar-refractivity contribution in [3.8, 4) is 5.75 Å². The summed E-state index contributed by atoms with van der Waals surface area (Å²) in [6.45, 7) is 4.35. The number of hydrogen-bond acceptors (Lipinski definition) is 6. The third kappa shape index (κ3) is 5.17. The molecule has 8 nitrogen and oxygen atoms in total. The minimum Gasteiger partial charge on any atom is -0.496 e. The Hall–Kier alpha value is -2.91. The molecular formula is C21H26N2O6S. The highest BCUT2D eigenvalue weighted by molar-refractivity contribution is 7.89. The van der Waals surface area contributed by atoms with Gasteiger partial charge in [0.25, 0.3) is 5.91 Å². The quantitative estimate of drug-likeness (QED) is 0.608. The zero-order valence-electron chi connectivity index (χ0n) is 17.5. The fraction of sp³-hybridized carbons (Fsp3) is 0.333. The van der Waals surface area contributed by atoms with E-state index >= 15 is 0 Å². The molecule has 0 bridgehead atoms. The number of nitrogens with one attached hydrogen (secondary N) is 1. The number of benzene rings is 2. The molecule has 0 aliphatic carbocycles. The second-order valence-corrected chi connectivity index (χ2v) is 8.26. The molecule has 0 radical (unpaired) electrons. The van der Waals surface area contributed by atoms with Crippen LogP contribution >= 0.6 is 0 Å². The van der Waals surface area contributed by atoms with Crippen molar-refractivity contribution < 1.29 is 27.5 Å². The molecule has 0 aliphatic heterocycles. The van der Waals surface area contributed by atoms with Gasteiger partial charge in [-0.2, -0.15) is 4.31 Å². The van der Waals surface area contributed by atoms with Gasteiger partial charge in [-0.25, -0.2) is 13.2 Å². The van der Waals surface area contributed by atoms with Crippen molar-refractivity contribution in [2.45, 2.75) is 25.3 Å². The van der Waals surface area contributed by atoms with E-state index in [2.05, 4.69) is 10.1 Å². The Morgan fingerprint density at radius 1 is 1.00 bits per heavy atom. The first kappa shape index (κ1) is 23.4. The van der Waals surface area contributed by atoms with Gasteiger partial charge in [0.15, 0.2) is 0 Å². The van der Waals surface area contributed by atoms with Crippen molar-refractivity contribution >= 4 is 21.9 Å². The highest BCUT2D eigenvalue weighted by Crippen LogP contribution is 2.24. The van der Waals surface area contributed by atoms with Gasteiger partial charge in [0.05, 0.1) is 30.2 Å². The van der Waals surface area contributed by atoms with Gasteiger partial charge in [0, 0.05) is 19.6 Å². The van der Waals surface area contributed by atoms with E-state index in [1.54, 1.807) is 38.1 Å². The molecule has 0 spiro atoms. The molecule has 1 amide bonds. The molecule has 162 valence electrons. The molecule has 2 rings (SSSR count). The molecule has 0 unspecified atom stereocenters. The molecule has 30 heavy (non-hydrogen) atoms. The van der Waals surface area contributed by atoms with Gasteiger partial charge < -0.3 is 14.8 Å². The number of carbonyl (C=O) groups is 2. The van der Waals surface area contributed by atoms with Crippen LogP contribution in [0.5, 0.6) is 5.75 Å². The summed E-state index contributed by atoms with van der Waals surface area (Å²) >= 11 is 0. The first-order valence-corrected chi connectivity index (χ1v) is 10.9. The summed E-state index contributed by atoms with van der Waals surface area (Å²) in [7, 11) is -0.994. The fourth-order valence-corrected chi connectivity index (χ4v) is 4.38. The van der Waals surface area contributed by atoms with Crippen molar-refractivity contribution in [2.24, 2.45) is 0 Å². The van der Waals surface area contributed by atoms with E-state index in [-0.39, 0.29) is 22.8 Å². The van der Waals surface area contributed by atoms with E-state index in [0.29, 0.717) is 18.7 Å². The Balaban J connectivity index is 2.23. The Labute approximate surface area is 176 Å². The maximum atomic E-state index is 12.8. The molecule has 0 aromatic heterocycles. The normalized spacial score (nSPS) is 11.2. The topological polar surface area (TPSA) is 102 Å². The largest absolute Gasteiger partial charge is 0.496 e. The van der Waals surface area contributed by atoms with E-state index in [1.165, 1.54) is 36.7 Å². The molecule has 0 saturated carbocycles. The molecule has 2 aromatic rings. The van der Waals surface area contributed by atoms with Gasteiger partial charge >= 0.3 is 5.97 Å². The Morgan fingerprint density at radius 3 is 2.17 bits per heavy atom. The van der Waals surface area contributed by atoms with Gasteiger partial charge in [0.2, 0.25) is 10.0 Å². The van der Waals surface area contributed by atoms with Crippen molar-refractivity contribution in [3.05, 3.63) is 59.2 Å². The SMILES string of the molecule is CCN(CC)S(=O)(=O)c1ccc(OC)c(C(=O)NCc2ccc(C(=O)OC)cc2)c1. The average molecular weight is 435 g/mol. The summed E-state index contributed by atoms with van der Waals surface area (Å²) in [6, 6.07) is 10.8. The lowest BCUT2D eigenvalue weighted by Gasteiger charge is -2.19. The first-order chi connectivity index (χ1) is 14.3. The van der Waals surface area contributed by atoms with E-state index in [0.717, 1.165) is 5.56 Å². The van der Waals surface area contributed by atoms with E-state index in [9.17, 15) is 18.0 Å². The number of hydrogen-bond donors (Lipinski definition) is 1. The smallest absolute Gasteiger partial charge is 0.337 e. The first-order valence-electron chi connectivity index (χ1n) is 9.42. The lowest BCUT2D eigenvalue weighted by Crippen LogP contribution is -2.31. The Morgan fingerprint density at radius 2 is 1.63 bits per heavy atom. The van der Waals surface area contributed by atoms with Crippen LogP contribution in [-0.2, 0) is 21.3 Å². The lowest BCUT2D eigenvalue weighted by molar-refractivity contribution is 0.0600. The van der Waals surface area contributed by atoms with Crippen molar-refractivity contribution in [2.75, 3.05) is 27.3 Å². The minimum absolute atomic E-state index is 0.0274. The molecule has 2 aromatic carbocycles. The average Bonchev–Trinajstić information content (AvgIpc) is 2.77. The number of nitrogens with zero attached hydrogens (tertiary/aromatic N) is 1. The maximum Gasteiger partial charge on any atom is 0.337 e. The van der Waals surface area contributed by atoms with Crippen LogP contribution in [0.3, 0.4) is 0 Å². The van der Waals surface area contributed by atoms with E-state index in [1.807, 2.05) is 0 Å². The predicted octanol–water partition coefficient (Wildman–Crippen LogP) is 2.44. The summed E-state index contributed by atoms with van der Waals surface area (Å²) in [5.41, 5.74) is 1.29. The highest BCUT2D eigenvalue weighted by Gasteiger charge is 2.24. The number of ether oxygens (including phenoxy) is 2. The number of methoxy groups -OCH3 is 2. The molecule has 0 aliphatic rings. The third-order valence-corrected chi connectivity index (χ3v) is 6.63. The summed E-state index contributed by atoms with van der Waals surface area (Å²) in [4.78, 5) is 24.3. The van der Waals surface area contributed by atoms with Crippen LogP contribution < -0.4 is 10.1 Å². The van der Waals surface area contributed by atoms with Crippen LogP contribution in [0.2, 0.25) is 0 Å². The summed E-state index contributed by atoms with van der Waals surface area (Å²) in [6.07, 6.45) is 0. The zero-order chi connectivity index (χ0) is 22.3. The second-order valence-electron chi connectivity index (χ2n) is 6.32. The summed E-state index contributed by atoms with van der Waals surface area (Å²) in [5, 5.41) is 2.74. The fourth-order valence-electron chi connectivity index (χ4n) is 2.89. The van der Waals surface area contributed by atoms with Crippen LogP contribution in [0.1, 0.15) is 40.1 Å². The number of esters is 1. The van der Waals surface area contributed by atoms with E-state index < -0.39 is 21.9 Å². The van der Waals surface area contributed by atoms with Crippen LogP contribution in [0.25, 0.3) is 0 Å². The Bertz CT molecular complexity index is 999. The predicted molar refractivity (Wildman–Crippen MR) is 112 cm³/mol. The van der Waals surface area contributed by atoms with E-state index in [4.69, 9.17) is 4.74 Å². The molecule has 1 N–H and O–H groups in total. The van der Waals surface area contributed by atoms with Gasteiger partial charge in [-0.1, -0.05) is 26.0 Å². The minimum atomic E-state index is -3.71. The van der Waals surface area contributed by atoms with Gasteiger partial charge in [-0.15, -0.1) is 0 Å². The second kappa shape index (κ2) is 10.2. The van der Waals surface area contributed by atoms with Crippen molar-refractivity contribution in [1.29, 1.82) is 0 Å². The highest BCUT2D eigenvalue weighted by atomic mass is 32.2. The molecule has 9 heteroatoms. The van der Waals surface area contributed by atoms with Crippen LogP contribution in [0.4, 0.5) is 0 Å². The molecule has 0 heterocycles. The van der Waals surface area contributed by atoms with Crippen molar-refractivity contribution in [3.63, 3.8) is 0 Å².